The monoisotopic (exact) mass is 467 g/mol. The number of hydrogen-bond donors (Lipinski definition) is 1. The zero-order chi connectivity index (χ0) is 23.8. The van der Waals surface area contributed by atoms with Crippen molar-refractivity contribution < 1.29 is 14.4 Å². The Labute approximate surface area is 200 Å². The van der Waals surface area contributed by atoms with E-state index < -0.39 is 5.91 Å². The SMILES string of the molecule is Cc1ccc(C)c(N2C(=O)c3ccc(C(=O)Nc4ncc(Cc5ccccc5)s4)cc3C2=O)c1. The molecule has 0 spiro atoms. The van der Waals surface area contributed by atoms with Crippen LogP contribution in [-0.2, 0) is 6.42 Å². The molecule has 1 aliphatic rings. The van der Waals surface area contributed by atoms with Crippen molar-refractivity contribution >= 4 is 39.9 Å². The van der Waals surface area contributed by atoms with Crippen LogP contribution in [0.5, 0.6) is 0 Å². The molecule has 34 heavy (non-hydrogen) atoms. The number of amides is 3. The molecule has 0 radical (unpaired) electrons. The van der Waals surface area contributed by atoms with Crippen LogP contribution >= 0.6 is 11.3 Å². The number of hydrogen-bond acceptors (Lipinski definition) is 5. The maximum atomic E-state index is 13.1. The van der Waals surface area contributed by atoms with Gasteiger partial charge < -0.3 is 0 Å². The van der Waals surface area contributed by atoms with E-state index in [2.05, 4.69) is 10.3 Å². The zero-order valence-corrected chi connectivity index (χ0v) is 19.5. The number of thiazole rings is 1. The molecule has 0 saturated carbocycles. The summed E-state index contributed by atoms with van der Waals surface area (Å²) in [5.41, 5.74) is 4.32. The van der Waals surface area contributed by atoms with Crippen LogP contribution in [0.1, 0.15) is 52.6 Å². The smallest absolute Gasteiger partial charge is 0.266 e. The van der Waals surface area contributed by atoms with Crippen molar-refractivity contribution in [1.82, 2.24) is 4.98 Å². The minimum absolute atomic E-state index is 0.225. The van der Waals surface area contributed by atoms with Gasteiger partial charge in [-0.3, -0.25) is 19.7 Å². The van der Waals surface area contributed by atoms with Crippen LogP contribution in [0.3, 0.4) is 0 Å². The molecule has 168 valence electrons. The highest BCUT2D eigenvalue weighted by atomic mass is 32.1. The summed E-state index contributed by atoms with van der Waals surface area (Å²) in [6.07, 6.45) is 2.48. The molecule has 3 amide bonds. The topological polar surface area (TPSA) is 79.4 Å². The van der Waals surface area contributed by atoms with Gasteiger partial charge in [-0.25, -0.2) is 9.88 Å². The lowest BCUT2D eigenvalue weighted by molar-refractivity contribution is 0.0925. The minimum atomic E-state index is -0.428. The summed E-state index contributed by atoms with van der Waals surface area (Å²) < 4.78 is 0. The Hall–Kier alpha value is -4.10. The van der Waals surface area contributed by atoms with Gasteiger partial charge in [0.05, 0.1) is 16.8 Å². The van der Waals surface area contributed by atoms with Crippen molar-refractivity contribution in [1.29, 1.82) is 0 Å². The van der Waals surface area contributed by atoms with E-state index in [9.17, 15) is 14.4 Å². The summed E-state index contributed by atoms with van der Waals surface area (Å²) in [4.78, 5) is 45.5. The van der Waals surface area contributed by atoms with E-state index in [1.54, 1.807) is 12.3 Å². The Morgan fingerprint density at radius 1 is 0.941 bits per heavy atom. The minimum Gasteiger partial charge on any atom is -0.298 e. The molecule has 7 heteroatoms. The van der Waals surface area contributed by atoms with E-state index in [1.807, 2.05) is 62.4 Å². The highest BCUT2D eigenvalue weighted by Gasteiger charge is 2.37. The van der Waals surface area contributed by atoms with Crippen molar-refractivity contribution in [2.75, 3.05) is 10.2 Å². The third-order valence-corrected chi connectivity index (χ3v) is 6.66. The fourth-order valence-electron chi connectivity index (χ4n) is 3.97. The Bertz CT molecular complexity index is 1440. The van der Waals surface area contributed by atoms with E-state index >= 15 is 0 Å². The van der Waals surface area contributed by atoms with Crippen molar-refractivity contribution in [3.8, 4) is 0 Å². The molecule has 0 atom stereocenters. The van der Waals surface area contributed by atoms with Gasteiger partial charge in [-0.15, -0.1) is 11.3 Å². The second kappa shape index (κ2) is 8.68. The lowest BCUT2D eigenvalue weighted by Gasteiger charge is -2.17. The van der Waals surface area contributed by atoms with Crippen molar-refractivity contribution in [2.45, 2.75) is 20.3 Å². The first-order chi connectivity index (χ1) is 16.4. The van der Waals surface area contributed by atoms with Crippen LogP contribution < -0.4 is 10.2 Å². The van der Waals surface area contributed by atoms with Crippen LogP contribution in [-0.4, -0.2) is 22.7 Å². The number of aromatic nitrogens is 1. The van der Waals surface area contributed by atoms with Gasteiger partial charge in [0, 0.05) is 23.1 Å². The Morgan fingerprint density at radius 2 is 1.71 bits per heavy atom. The second-order valence-electron chi connectivity index (χ2n) is 8.24. The molecule has 6 nitrogen and oxygen atoms in total. The molecule has 0 fully saturated rings. The van der Waals surface area contributed by atoms with Gasteiger partial charge in [-0.1, -0.05) is 42.5 Å². The maximum Gasteiger partial charge on any atom is 0.266 e. The summed E-state index contributed by atoms with van der Waals surface area (Å²) in [6.45, 7) is 3.77. The van der Waals surface area contributed by atoms with Crippen molar-refractivity contribution in [2.24, 2.45) is 0 Å². The summed E-state index contributed by atoms with van der Waals surface area (Å²) in [5.74, 6) is -1.19. The third kappa shape index (κ3) is 4.02. The Kier molecular flexibility index (Phi) is 5.55. The summed E-state index contributed by atoms with van der Waals surface area (Å²) >= 11 is 1.41. The van der Waals surface area contributed by atoms with E-state index in [4.69, 9.17) is 0 Å². The molecule has 5 rings (SSSR count). The van der Waals surface area contributed by atoms with Crippen LogP contribution in [0.15, 0.2) is 72.9 Å². The van der Waals surface area contributed by atoms with Gasteiger partial charge in [0.15, 0.2) is 5.13 Å². The fourth-order valence-corrected chi connectivity index (χ4v) is 4.82. The number of carbonyl (C=O) groups excluding carboxylic acids is 3. The summed E-state index contributed by atoms with van der Waals surface area (Å²) in [7, 11) is 0. The fraction of sp³-hybridized carbons (Fsp3) is 0.111. The predicted molar refractivity (Wildman–Crippen MR) is 133 cm³/mol. The first-order valence-corrected chi connectivity index (χ1v) is 11.6. The number of imide groups is 1. The standard InChI is InChI=1S/C27H21N3O3S/c1-16-8-9-17(2)23(12-16)30-25(32)21-11-10-19(14-22(21)26(30)33)24(31)29-27-28-15-20(34-27)13-18-6-4-3-5-7-18/h3-12,14-15H,13H2,1-2H3,(H,28,29,31). The molecule has 3 aromatic carbocycles. The average molecular weight is 468 g/mol. The summed E-state index contributed by atoms with van der Waals surface area (Å²) in [6, 6.07) is 20.2. The van der Waals surface area contributed by atoms with Crippen LogP contribution in [0.2, 0.25) is 0 Å². The van der Waals surface area contributed by atoms with Crippen LogP contribution in [0.25, 0.3) is 0 Å². The highest BCUT2D eigenvalue weighted by Crippen LogP contribution is 2.32. The molecule has 2 heterocycles. The molecule has 4 aromatic rings. The lowest BCUT2D eigenvalue weighted by Crippen LogP contribution is -2.30. The molecule has 1 aromatic heterocycles. The highest BCUT2D eigenvalue weighted by molar-refractivity contribution is 7.15. The van der Waals surface area contributed by atoms with Gasteiger partial charge in [0.25, 0.3) is 17.7 Å². The Balaban J connectivity index is 1.35. The summed E-state index contributed by atoms with van der Waals surface area (Å²) in [5, 5.41) is 3.28. The van der Waals surface area contributed by atoms with Gasteiger partial charge in [-0.2, -0.15) is 0 Å². The number of anilines is 2. The average Bonchev–Trinajstić information content (AvgIpc) is 3.37. The number of benzene rings is 3. The first-order valence-electron chi connectivity index (χ1n) is 10.8. The third-order valence-electron chi connectivity index (χ3n) is 5.75. The number of fused-ring (bicyclic) bond motifs is 1. The number of nitrogens with one attached hydrogen (secondary N) is 1. The van der Waals surface area contributed by atoms with Crippen molar-refractivity contribution in [3.05, 3.63) is 111 Å². The van der Waals surface area contributed by atoms with Gasteiger partial charge in [-0.05, 0) is 54.8 Å². The zero-order valence-electron chi connectivity index (χ0n) is 18.7. The van der Waals surface area contributed by atoms with E-state index in [-0.39, 0.29) is 17.4 Å². The van der Waals surface area contributed by atoms with E-state index in [0.717, 1.165) is 22.4 Å². The molecule has 0 aliphatic carbocycles. The number of nitrogens with zero attached hydrogens (tertiary/aromatic N) is 2. The van der Waals surface area contributed by atoms with Crippen LogP contribution in [0, 0.1) is 13.8 Å². The van der Waals surface area contributed by atoms with Crippen molar-refractivity contribution in [3.63, 3.8) is 0 Å². The van der Waals surface area contributed by atoms with E-state index in [0.29, 0.717) is 21.9 Å². The van der Waals surface area contributed by atoms with Gasteiger partial charge in [0.2, 0.25) is 0 Å². The predicted octanol–water partition coefficient (Wildman–Crippen LogP) is 5.40. The normalized spacial score (nSPS) is 12.7. The molecule has 0 unspecified atom stereocenters. The molecule has 0 bridgehead atoms. The maximum absolute atomic E-state index is 13.1. The molecule has 0 saturated heterocycles. The number of carbonyl (C=O) groups is 3. The van der Waals surface area contributed by atoms with Gasteiger partial charge in [0.1, 0.15) is 0 Å². The quantitative estimate of drug-likeness (QED) is 0.399. The number of aryl methyl sites for hydroxylation is 2. The van der Waals surface area contributed by atoms with Gasteiger partial charge >= 0.3 is 0 Å². The lowest BCUT2D eigenvalue weighted by atomic mass is 10.1. The molecular formula is C27H21N3O3S. The molecular weight excluding hydrogens is 446 g/mol. The first kappa shape index (κ1) is 21.7. The molecule has 1 N–H and O–H groups in total. The largest absolute Gasteiger partial charge is 0.298 e. The second-order valence-corrected chi connectivity index (χ2v) is 9.36. The molecule has 1 aliphatic heterocycles. The van der Waals surface area contributed by atoms with E-state index in [1.165, 1.54) is 33.9 Å². The van der Waals surface area contributed by atoms with Crippen LogP contribution in [0.4, 0.5) is 10.8 Å². The Morgan fingerprint density at radius 3 is 2.50 bits per heavy atom. The number of rotatable bonds is 5.